The fraction of sp³-hybridized carbons (Fsp3) is 0.381. The Labute approximate surface area is 201 Å². The SMILES string of the molecule is CC.CCn1c(=O)c(-c2ccccc2C)c(O)c2sc(OCCOC)nc21.[CH3-].[Y]. The number of pyridine rings is 1. The maximum absolute atomic E-state index is 13.0. The summed E-state index contributed by atoms with van der Waals surface area (Å²) >= 11 is 1.23. The minimum atomic E-state index is -0.254. The summed E-state index contributed by atoms with van der Waals surface area (Å²) in [6.07, 6.45) is 0. The smallest absolute Gasteiger partial charge is 0.276 e. The van der Waals surface area contributed by atoms with E-state index >= 15 is 0 Å². The van der Waals surface area contributed by atoms with Gasteiger partial charge in [-0.1, -0.05) is 49.4 Å². The van der Waals surface area contributed by atoms with E-state index < -0.39 is 0 Å². The zero-order valence-electron chi connectivity index (χ0n) is 18.0. The minimum absolute atomic E-state index is 0. The van der Waals surface area contributed by atoms with E-state index in [1.165, 1.54) is 11.3 Å². The van der Waals surface area contributed by atoms with Gasteiger partial charge in [0.2, 0.25) is 0 Å². The molecule has 0 aliphatic rings. The Morgan fingerprint density at radius 3 is 2.45 bits per heavy atom. The van der Waals surface area contributed by atoms with Gasteiger partial charge in [-0.3, -0.25) is 9.36 Å². The third-order valence-corrected chi connectivity index (χ3v) is 4.96. The van der Waals surface area contributed by atoms with Gasteiger partial charge in [0, 0.05) is 46.4 Å². The van der Waals surface area contributed by atoms with Crippen molar-refractivity contribution in [3.05, 3.63) is 47.6 Å². The molecular formula is C21H29N2O4SY-. The molecule has 1 radical (unpaired) electrons. The number of fused-ring (bicyclic) bond motifs is 1. The Kier molecular flexibility index (Phi) is 12.5. The van der Waals surface area contributed by atoms with E-state index in [1.807, 2.05) is 52.0 Å². The number of ether oxygens (including phenoxy) is 2. The van der Waals surface area contributed by atoms with Crippen LogP contribution in [0.3, 0.4) is 0 Å². The molecule has 1 aromatic carbocycles. The van der Waals surface area contributed by atoms with Crippen molar-refractivity contribution in [2.24, 2.45) is 0 Å². The summed E-state index contributed by atoms with van der Waals surface area (Å²) in [5, 5.41) is 11.2. The van der Waals surface area contributed by atoms with Crippen molar-refractivity contribution in [3.8, 4) is 22.1 Å². The summed E-state index contributed by atoms with van der Waals surface area (Å²) in [7, 11) is 1.59. The fourth-order valence-electron chi connectivity index (χ4n) is 2.74. The molecule has 8 heteroatoms. The first-order valence-corrected chi connectivity index (χ1v) is 9.84. The average molecular weight is 494 g/mol. The Bertz CT molecular complexity index is 969. The van der Waals surface area contributed by atoms with Crippen LogP contribution < -0.4 is 10.3 Å². The molecule has 2 heterocycles. The molecule has 29 heavy (non-hydrogen) atoms. The summed E-state index contributed by atoms with van der Waals surface area (Å²) in [6, 6.07) is 7.52. The van der Waals surface area contributed by atoms with Crippen molar-refractivity contribution >= 4 is 21.7 Å². The second kappa shape index (κ2) is 13.1. The molecule has 0 saturated carbocycles. The normalized spacial score (nSPS) is 9.83. The number of nitrogens with zero attached hydrogens (tertiary/aromatic N) is 2. The predicted molar refractivity (Wildman–Crippen MR) is 117 cm³/mol. The van der Waals surface area contributed by atoms with Crippen LogP contribution in [-0.4, -0.2) is 35.0 Å². The maximum Gasteiger partial charge on any atom is 0.276 e. The molecular weight excluding hydrogens is 465 g/mol. The quantitative estimate of drug-likeness (QED) is 0.399. The number of aryl methyl sites for hydroxylation is 2. The van der Waals surface area contributed by atoms with Crippen LogP contribution >= 0.6 is 11.3 Å². The zero-order valence-corrected chi connectivity index (χ0v) is 21.6. The molecule has 0 aliphatic heterocycles. The number of hydrogen-bond donors (Lipinski definition) is 1. The molecule has 0 fully saturated rings. The van der Waals surface area contributed by atoms with E-state index in [0.717, 1.165) is 11.1 Å². The number of benzene rings is 1. The van der Waals surface area contributed by atoms with Gasteiger partial charge in [0.05, 0.1) is 12.2 Å². The third-order valence-electron chi connectivity index (χ3n) is 4.00. The van der Waals surface area contributed by atoms with E-state index in [2.05, 4.69) is 4.98 Å². The molecule has 3 rings (SSSR count). The Hall–Kier alpha value is -1.28. The van der Waals surface area contributed by atoms with E-state index in [9.17, 15) is 9.90 Å². The Morgan fingerprint density at radius 2 is 1.86 bits per heavy atom. The molecule has 3 aromatic rings. The van der Waals surface area contributed by atoms with Crippen molar-refractivity contribution in [2.75, 3.05) is 20.3 Å². The minimum Gasteiger partial charge on any atom is -0.505 e. The van der Waals surface area contributed by atoms with Gasteiger partial charge in [0.25, 0.3) is 10.8 Å². The molecule has 0 amide bonds. The molecule has 0 spiro atoms. The maximum atomic E-state index is 13.0. The summed E-state index contributed by atoms with van der Waals surface area (Å²) in [4.78, 5) is 17.3. The number of aromatic nitrogens is 2. The molecule has 0 aliphatic carbocycles. The van der Waals surface area contributed by atoms with Crippen molar-refractivity contribution in [2.45, 2.75) is 34.2 Å². The summed E-state index contributed by atoms with van der Waals surface area (Å²) < 4.78 is 12.6. The molecule has 0 unspecified atom stereocenters. The van der Waals surface area contributed by atoms with Crippen molar-refractivity contribution in [1.82, 2.24) is 9.55 Å². The third kappa shape index (κ3) is 5.88. The number of thiazole rings is 1. The van der Waals surface area contributed by atoms with Crippen LogP contribution in [0.25, 0.3) is 21.5 Å². The number of aromatic hydroxyl groups is 1. The molecule has 0 saturated heterocycles. The van der Waals surface area contributed by atoms with Gasteiger partial charge in [-0.05, 0) is 25.0 Å². The molecule has 2 aromatic heterocycles. The van der Waals surface area contributed by atoms with Crippen LogP contribution in [0.1, 0.15) is 26.3 Å². The Balaban J connectivity index is 0.00000190. The topological polar surface area (TPSA) is 73.6 Å². The van der Waals surface area contributed by atoms with Crippen LogP contribution in [0.5, 0.6) is 10.9 Å². The van der Waals surface area contributed by atoms with Gasteiger partial charge in [-0.25, -0.2) is 0 Å². The van der Waals surface area contributed by atoms with Crippen molar-refractivity contribution < 1.29 is 47.3 Å². The predicted octanol–water partition coefficient (Wildman–Crippen LogP) is 4.66. The molecule has 157 valence electrons. The fourth-order valence-corrected chi connectivity index (χ4v) is 3.63. The van der Waals surface area contributed by atoms with Crippen molar-refractivity contribution in [3.63, 3.8) is 0 Å². The number of hydrogen-bond acceptors (Lipinski definition) is 6. The summed E-state index contributed by atoms with van der Waals surface area (Å²) in [5.41, 5.74) is 2.15. The van der Waals surface area contributed by atoms with Gasteiger partial charge < -0.3 is 22.0 Å². The average Bonchev–Trinajstić information content (AvgIpc) is 3.10. The van der Waals surface area contributed by atoms with Gasteiger partial charge in [0.1, 0.15) is 17.1 Å². The van der Waals surface area contributed by atoms with Crippen LogP contribution in [0.2, 0.25) is 0 Å². The van der Waals surface area contributed by atoms with Crippen LogP contribution in [0.4, 0.5) is 0 Å². The summed E-state index contributed by atoms with van der Waals surface area (Å²) in [6.45, 7) is 9.05. The first kappa shape index (κ1) is 27.7. The van der Waals surface area contributed by atoms with Crippen LogP contribution in [0, 0.1) is 14.4 Å². The second-order valence-corrected chi connectivity index (χ2v) is 6.52. The molecule has 1 N–H and O–H groups in total. The van der Waals surface area contributed by atoms with Crippen LogP contribution in [-0.2, 0) is 44.0 Å². The standard InChI is InChI=1S/C18H20N2O4S.C2H6.CH3.Y/c1-4-20-16-15(25-18(19-16)24-10-9-23-3)14(21)13(17(20)22)12-8-6-5-7-11(12)2;1-2;;/h5-8,21H,4,9-10H2,1-3H3;1-2H3;1H3;/q;;-1;. The van der Waals surface area contributed by atoms with Gasteiger partial charge in [-0.15, -0.1) is 0 Å². The van der Waals surface area contributed by atoms with Gasteiger partial charge >= 0.3 is 0 Å². The van der Waals surface area contributed by atoms with E-state index in [-0.39, 0.29) is 51.4 Å². The van der Waals surface area contributed by atoms with Gasteiger partial charge in [0.15, 0.2) is 5.65 Å². The van der Waals surface area contributed by atoms with Crippen LogP contribution in [0.15, 0.2) is 29.1 Å². The molecule has 0 atom stereocenters. The van der Waals surface area contributed by atoms with E-state index in [4.69, 9.17) is 9.47 Å². The van der Waals surface area contributed by atoms with Gasteiger partial charge in [-0.2, -0.15) is 4.98 Å². The Morgan fingerprint density at radius 1 is 1.21 bits per heavy atom. The van der Waals surface area contributed by atoms with Crippen molar-refractivity contribution in [1.29, 1.82) is 0 Å². The number of methoxy groups -OCH3 is 1. The zero-order chi connectivity index (χ0) is 20.0. The second-order valence-electron chi connectivity index (χ2n) is 5.56. The first-order chi connectivity index (χ1) is 13.1. The first-order valence-electron chi connectivity index (χ1n) is 9.02. The number of rotatable bonds is 6. The summed E-state index contributed by atoms with van der Waals surface area (Å²) in [5.74, 6) is -0.0434. The molecule has 0 bridgehead atoms. The van der Waals surface area contributed by atoms with E-state index in [0.29, 0.717) is 40.9 Å². The van der Waals surface area contributed by atoms with E-state index in [1.54, 1.807) is 11.7 Å². The largest absolute Gasteiger partial charge is 0.505 e. The monoisotopic (exact) mass is 494 g/mol. The molecule has 6 nitrogen and oxygen atoms in total.